The van der Waals surface area contributed by atoms with Crippen LogP contribution in [0.3, 0.4) is 0 Å². The van der Waals surface area contributed by atoms with Gasteiger partial charge in [0.2, 0.25) is 5.82 Å². The molecule has 0 fully saturated rings. The molecule has 0 radical (unpaired) electrons. The van der Waals surface area contributed by atoms with Crippen molar-refractivity contribution in [2.45, 2.75) is 45.4 Å². The molecule has 0 unspecified atom stereocenters. The van der Waals surface area contributed by atoms with E-state index in [0.717, 1.165) is 35.1 Å². The van der Waals surface area contributed by atoms with Gasteiger partial charge in [-0.15, -0.1) is 0 Å². The monoisotopic (exact) mass is 436 g/mol. The minimum atomic E-state index is -1.11. The van der Waals surface area contributed by atoms with Gasteiger partial charge in [0.1, 0.15) is 5.82 Å². The first kappa shape index (κ1) is 22.2. The molecule has 4 rings (SSSR count). The Morgan fingerprint density at radius 2 is 1.62 bits per heavy atom. The summed E-state index contributed by atoms with van der Waals surface area (Å²) >= 11 is 0. The third-order valence-electron chi connectivity index (χ3n) is 6.17. The van der Waals surface area contributed by atoms with Crippen molar-refractivity contribution in [2.24, 2.45) is 0 Å². The van der Waals surface area contributed by atoms with Crippen molar-refractivity contribution < 1.29 is 17.9 Å². The number of fused-ring (bicyclic) bond motifs is 1. The Hall–Kier alpha value is -3.01. The van der Waals surface area contributed by atoms with Gasteiger partial charge in [-0.1, -0.05) is 50.1 Å². The first-order valence-electron chi connectivity index (χ1n) is 11.2. The summed E-state index contributed by atoms with van der Waals surface area (Å²) in [7, 11) is 1.26. The number of hydrogen-bond acceptors (Lipinski definition) is 1. The lowest BCUT2D eigenvalue weighted by Crippen LogP contribution is -2.03. The number of benzene rings is 3. The van der Waals surface area contributed by atoms with E-state index in [1.54, 1.807) is 6.07 Å². The van der Waals surface area contributed by atoms with E-state index in [-0.39, 0.29) is 16.9 Å². The third-order valence-corrected chi connectivity index (χ3v) is 6.17. The number of hydrogen-bond donors (Lipinski definition) is 0. The molecule has 0 saturated heterocycles. The number of ether oxygens (including phenoxy) is 1. The lowest BCUT2D eigenvalue weighted by atomic mass is 9.86. The molecule has 1 aliphatic rings. The summed E-state index contributed by atoms with van der Waals surface area (Å²) in [5, 5.41) is 0. The van der Waals surface area contributed by atoms with Crippen LogP contribution < -0.4 is 4.74 Å². The molecular weight excluding hydrogens is 409 g/mol. The maximum atomic E-state index is 14.9. The standard InChI is InChI=1S/C28H27F3O/c1-3-4-5-6-18-7-9-19(10-8-18)20-11-12-21-16-24(25(29)17-22(21)15-20)23-13-14-26(32-2)28(31)27(23)30/h7-10,13-17H,3-6,11-12H2,1-2H3. The van der Waals surface area contributed by atoms with Crippen LogP contribution in [0.15, 0.2) is 48.5 Å². The van der Waals surface area contributed by atoms with Gasteiger partial charge >= 0.3 is 0 Å². The molecule has 0 bridgehead atoms. The lowest BCUT2D eigenvalue weighted by Gasteiger charge is -2.19. The maximum absolute atomic E-state index is 14.9. The van der Waals surface area contributed by atoms with E-state index in [1.807, 2.05) is 6.08 Å². The number of rotatable bonds is 7. The second kappa shape index (κ2) is 9.64. The molecule has 0 spiro atoms. The van der Waals surface area contributed by atoms with Crippen molar-refractivity contribution in [3.8, 4) is 16.9 Å². The van der Waals surface area contributed by atoms with E-state index in [1.165, 1.54) is 50.1 Å². The Bertz CT molecular complexity index is 1150. The van der Waals surface area contributed by atoms with Crippen molar-refractivity contribution in [3.63, 3.8) is 0 Å². The van der Waals surface area contributed by atoms with Gasteiger partial charge in [-0.05, 0) is 77.8 Å². The second-order valence-corrected chi connectivity index (χ2v) is 8.30. The summed E-state index contributed by atoms with van der Waals surface area (Å²) < 4.78 is 48.4. The van der Waals surface area contributed by atoms with Crippen LogP contribution in [0.4, 0.5) is 13.2 Å². The Balaban J connectivity index is 1.61. The summed E-state index contributed by atoms with van der Waals surface area (Å²) in [6.45, 7) is 2.20. The normalized spacial score (nSPS) is 13.0. The topological polar surface area (TPSA) is 9.23 Å². The van der Waals surface area contributed by atoms with E-state index in [0.29, 0.717) is 6.42 Å². The first-order chi connectivity index (χ1) is 15.5. The Morgan fingerprint density at radius 3 is 2.34 bits per heavy atom. The summed E-state index contributed by atoms with van der Waals surface area (Å²) in [6, 6.07) is 14.4. The Labute approximate surface area is 187 Å². The molecule has 3 aromatic rings. The minimum Gasteiger partial charge on any atom is -0.494 e. The average molecular weight is 437 g/mol. The van der Waals surface area contributed by atoms with Crippen LogP contribution in [0.1, 0.15) is 54.9 Å². The smallest absolute Gasteiger partial charge is 0.201 e. The molecule has 0 saturated carbocycles. The quantitative estimate of drug-likeness (QED) is 0.341. The first-order valence-corrected chi connectivity index (χ1v) is 11.2. The highest BCUT2D eigenvalue weighted by Gasteiger charge is 2.21. The second-order valence-electron chi connectivity index (χ2n) is 8.30. The predicted octanol–water partition coefficient (Wildman–Crippen LogP) is 8.00. The summed E-state index contributed by atoms with van der Waals surface area (Å²) in [4.78, 5) is 0. The van der Waals surface area contributed by atoms with Gasteiger partial charge < -0.3 is 4.74 Å². The highest BCUT2D eigenvalue weighted by Crippen LogP contribution is 2.37. The average Bonchev–Trinajstić information content (AvgIpc) is 2.81. The van der Waals surface area contributed by atoms with E-state index in [2.05, 4.69) is 31.2 Å². The van der Waals surface area contributed by atoms with Gasteiger partial charge in [0, 0.05) is 11.1 Å². The molecular formula is C28H27F3O. The van der Waals surface area contributed by atoms with E-state index in [9.17, 15) is 13.2 Å². The highest BCUT2D eigenvalue weighted by atomic mass is 19.2. The maximum Gasteiger partial charge on any atom is 0.201 e. The van der Waals surface area contributed by atoms with E-state index in [4.69, 9.17) is 4.74 Å². The van der Waals surface area contributed by atoms with E-state index < -0.39 is 17.5 Å². The van der Waals surface area contributed by atoms with Gasteiger partial charge in [0.15, 0.2) is 11.6 Å². The van der Waals surface area contributed by atoms with Crippen LogP contribution in [-0.2, 0) is 12.8 Å². The number of methoxy groups -OCH3 is 1. The molecule has 0 atom stereocenters. The van der Waals surface area contributed by atoms with Gasteiger partial charge in [0.25, 0.3) is 0 Å². The molecule has 1 aliphatic carbocycles. The van der Waals surface area contributed by atoms with Gasteiger partial charge in [-0.2, -0.15) is 4.39 Å². The molecule has 0 aromatic heterocycles. The van der Waals surface area contributed by atoms with Gasteiger partial charge in [-0.3, -0.25) is 0 Å². The molecule has 0 amide bonds. The number of halogens is 3. The minimum absolute atomic E-state index is 0.0658. The summed E-state index contributed by atoms with van der Waals surface area (Å²) in [5.41, 5.74) is 5.32. The number of allylic oxidation sites excluding steroid dienone is 1. The van der Waals surface area contributed by atoms with Crippen LogP contribution in [0.5, 0.6) is 5.75 Å². The molecule has 0 aliphatic heterocycles. The van der Waals surface area contributed by atoms with Crippen LogP contribution in [0.25, 0.3) is 22.8 Å². The van der Waals surface area contributed by atoms with Crippen LogP contribution >= 0.6 is 0 Å². The van der Waals surface area contributed by atoms with Crippen molar-refractivity contribution in [1.29, 1.82) is 0 Å². The zero-order valence-electron chi connectivity index (χ0n) is 18.5. The zero-order valence-corrected chi connectivity index (χ0v) is 18.5. The molecule has 0 heterocycles. The largest absolute Gasteiger partial charge is 0.494 e. The van der Waals surface area contributed by atoms with Gasteiger partial charge in [0.05, 0.1) is 7.11 Å². The Morgan fingerprint density at radius 1 is 0.844 bits per heavy atom. The van der Waals surface area contributed by atoms with Crippen LogP contribution in [0, 0.1) is 17.5 Å². The molecule has 4 heteroatoms. The van der Waals surface area contributed by atoms with Gasteiger partial charge in [-0.25, -0.2) is 8.78 Å². The lowest BCUT2D eigenvalue weighted by molar-refractivity contribution is 0.372. The summed E-state index contributed by atoms with van der Waals surface area (Å²) in [6.07, 6.45) is 8.27. The number of aryl methyl sites for hydroxylation is 2. The van der Waals surface area contributed by atoms with Crippen molar-refractivity contribution in [1.82, 2.24) is 0 Å². The molecule has 32 heavy (non-hydrogen) atoms. The third kappa shape index (κ3) is 4.45. The highest BCUT2D eigenvalue weighted by molar-refractivity contribution is 5.85. The van der Waals surface area contributed by atoms with Crippen molar-refractivity contribution in [3.05, 3.63) is 88.2 Å². The fourth-order valence-electron chi connectivity index (χ4n) is 4.31. The zero-order chi connectivity index (χ0) is 22.7. The van der Waals surface area contributed by atoms with Crippen molar-refractivity contribution >= 4 is 11.6 Å². The predicted molar refractivity (Wildman–Crippen MR) is 124 cm³/mol. The molecule has 0 N–H and O–H groups in total. The number of unbranched alkanes of at least 4 members (excludes halogenated alkanes) is 2. The van der Waals surface area contributed by atoms with Crippen LogP contribution in [-0.4, -0.2) is 7.11 Å². The SMILES string of the molecule is CCCCCc1ccc(C2=Cc3cc(F)c(-c4ccc(OC)c(F)c4F)cc3CC2)cc1. The summed E-state index contributed by atoms with van der Waals surface area (Å²) in [5.74, 6) is -2.98. The van der Waals surface area contributed by atoms with Crippen molar-refractivity contribution in [2.75, 3.05) is 7.11 Å². The molecule has 1 nitrogen and oxygen atoms in total. The fraction of sp³-hybridized carbons (Fsp3) is 0.286. The van der Waals surface area contributed by atoms with E-state index >= 15 is 0 Å². The fourth-order valence-corrected chi connectivity index (χ4v) is 4.31. The molecule has 3 aromatic carbocycles. The van der Waals surface area contributed by atoms with Crippen LogP contribution in [0.2, 0.25) is 0 Å². The Kier molecular flexibility index (Phi) is 6.69. The molecule has 166 valence electrons.